The van der Waals surface area contributed by atoms with Crippen molar-refractivity contribution in [3.05, 3.63) is 29.8 Å². The lowest BCUT2D eigenvalue weighted by Crippen LogP contribution is -2.48. The molecule has 124 valence electrons. The van der Waals surface area contributed by atoms with Gasteiger partial charge in [0.2, 0.25) is 0 Å². The highest BCUT2D eigenvalue weighted by Crippen LogP contribution is 2.17. The van der Waals surface area contributed by atoms with Crippen LogP contribution in [0.25, 0.3) is 0 Å². The van der Waals surface area contributed by atoms with Gasteiger partial charge in [-0.05, 0) is 18.1 Å². The Kier molecular flexibility index (Phi) is 6.11. The van der Waals surface area contributed by atoms with Crippen LogP contribution < -0.4 is 4.74 Å². The standard InChI is InChI=1S/C16H23F2NO3/c1-11(2)16(20)9-19-5-6-21-13(8-19)10-22-12-3-4-14(17)15(18)7-12/h3-4,7,11,13,16,20H,5-6,8-10H2,1-2H3. The molecule has 1 N–H and O–H groups in total. The Morgan fingerprint density at radius 1 is 1.36 bits per heavy atom. The molecule has 0 bridgehead atoms. The number of aliphatic hydroxyl groups is 1. The Morgan fingerprint density at radius 2 is 2.14 bits per heavy atom. The smallest absolute Gasteiger partial charge is 0.162 e. The normalized spacial score (nSPS) is 21.1. The molecule has 1 aromatic carbocycles. The molecule has 0 saturated carbocycles. The zero-order valence-corrected chi connectivity index (χ0v) is 13.0. The van der Waals surface area contributed by atoms with E-state index in [-0.39, 0.29) is 30.5 Å². The summed E-state index contributed by atoms with van der Waals surface area (Å²) in [6.45, 7) is 6.81. The molecule has 1 aromatic rings. The van der Waals surface area contributed by atoms with Crippen molar-refractivity contribution in [2.45, 2.75) is 26.1 Å². The van der Waals surface area contributed by atoms with Gasteiger partial charge in [0.15, 0.2) is 11.6 Å². The third-order valence-electron chi connectivity index (χ3n) is 3.76. The van der Waals surface area contributed by atoms with E-state index < -0.39 is 11.6 Å². The van der Waals surface area contributed by atoms with Crippen molar-refractivity contribution in [2.75, 3.05) is 32.8 Å². The lowest BCUT2D eigenvalue weighted by Gasteiger charge is -2.34. The average molecular weight is 315 g/mol. The number of β-amino-alcohol motifs (C(OH)–C–C–N with tert-alkyl or cyclic N) is 1. The van der Waals surface area contributed by atoms with E-state index in [2.05, 4.69) is 4.90 Å². The summed E-state index contributed by atoms with van der Waals surface area (Å²) < 4.78 is 37.0. The molecular weight excluding hydrogens is 292 g/mol. The maximum atomic E-state index is 13.1. The molecule has 1 heterocycles. The summed E-state index contributed by atoms with van der Waals surface area (Å²) in [6, 6.07) is 3.46. The van der Waals surface area contributed by atoms with E-state index in [1.54, 1.807) is 0 Å². The van der Waals surface area contributed by atoms with Crippen molar-refractivity contribution in [3.63, 3.8) is 0 Å². The van der Waals surface area contributed by atoms with Crippen LogP contribution in [0, 0.1) is 17.6 Å². The zero-order chi connectivity index (χ0) is 16.1. The summed E-state index contributed by atoms with van der Waals surface area (Å²) >= 11 is 0. The highest BCUT2D eigenvalue weighted by molar-refractivity contribution is 5.23. The highest BCUT2D eigenvalue weighted by Gasteiger charge is 2.23. The van der Waals surface area contributed by atoms with Crippen LogP contribution in [0.4, 0.5) is 8.78 Å². The van der Waals surface area contributed by atoms with Crippen molar-refractivity contribution in [1.29, 1.82) is 0 Å². The fourth-order valence-corrected chi connectivity index (χ4v) is 2.28. The first-order valence-corrected chi connectivity index (χ1v) is 7.55. The fraction of sp³-hybridized carbons (Fsp3) is 0.625. The summed E-state index contributed by atoms with van der Waals surface area (Å²) in [5, 5.41) is 9.94. The van der Waals surface area contributed by atoms with Crippen LogP contribution in [0.2, 0.25) is 0 Å². The van der Waals surface area contributed by atoms with Crippen molar-refractivity contribution in [1.82, 2.24) is 4.90 Å². The largest absolute Gasteiger partial charge is 0.491 e. The van der Waals surface area contributed by atoms with E-state index in [1.807, 2.05) is 13.8 Å². The Hall–Kier alpha value is -1.24. The molecule has 0 aromatic heterocycles. The van der Waals surface area contributed by atoms with E-state index in [1.165, 1.54) is 6.07 Å². The number of benzene rings is 1. The quantitative estimate of drug-likeness (QED) is 0.872. The Balaban J connectivity index is 1.81. The minimum Gasteiger partial charge on any atom is -0.491 e. The molecule has 1 aliphatic heterocycles. The van der Waals surface area contributed by atoms with Crippen LogP contribution in [0.3, 0.4) is 0 Å². The molecular formula is C16H23F2NO3. The zero-order valence-electron chi connectivity index (χ0n) is 13.0. The maximum absolute atomic E-state index is 13.1. The van der Waals surface area contributed by atoms with Gasteiger partial charge in [0.1, 0.15) is 18.5 Å². The third kappa shape index (κ3) is 4.90. The number of halogens is 2. The highest BCUT2D eigenvalue weighted by atomic mass is 19.2. The molecule has 1 fully saturated rings. The molecule has 2 unspecified atom stereocenters. The molecule has 2 rings (SSSR count). The number of hydrogen-bond acceptors (Lipinski definition) is 4. The molecule has 0 aliphatic carbocycles. The van der Waals surface area contributed by atoms with E-state index in [9.17, 15) is 13.9 Å². The van der Waals surface area contributed by atoms with Crippen LogP contribution in [-0.4, -0.2) is 55.1 Å². The van der Waals surface area contributed by atoms with Crippen LogP contribution in [0.5, 0.6) is 5.75 Å². The van der Waals surface area contributed by atoms with Gasteiger partial charge in [-0.2, -0.15) is 0 Å². The summed E-state index contributed by atoms with van der Waals surface area (Å²) in [4.78, 5) is 2.13. The Labute approximate surface area is 129 Å². The minimum absolute atomic E-state index is 0.152. The Morgan fingerprint density at radius 3 is 2.82 bits per heavy atom. The Bertz CT molecular complexity index is 484. The molecule has 0 spiro atoms. The van der Waals surface area contributed by atoms with Gasteiger partial charge in [-0.15, -0.1) is 0 Å². The monoisotopic (exact) mass is 315 g/mol. The summed E-state index contributed by atoms with van der Waals surface area (Å²) in [5.74, 6) is -1.33. The van der Waals surface area contributed by atoms with Gasteiger partial charge in [0.05, 0.1) is 12.7 Å². The minimum atomic E-state index is -0.927. The molecule has 1 saturated heterocycles. The van der Waals surface area contributed by atoms with Gasteiger partial charge < -0.3 is 14.6 Å². The first kappa shape index (κ1) is 17.1. The number of aliphatic hydroxyl groups excluding tert-OH is 1. The van der Waals surface area contributed by atoms with E-state index in [0.717, 1.165) is 18.7 Å². The molecule has 2 atom stereocenters. The summed E-state index contributed by atoms with van der Waals surface area (Å²) in [7, 11) is 0. The topological polar surface area (TPSA) is 41.9 Å². The average Bonchev–Trinajstić information content (AvgIpc) is 2.49. The number of rotatable bonds is 6. The van der Waals surface area contributed by atoms with Gasteiger partial charge in [-0.25, -0.2) is 8.78 Å². The molecule has 22 heavy (non-hydrogen) atoms. The third-order valence-corrected chi connectivity index (χ3v) is 3.76. The van der Waals surface area contributed by atoms with Crippen LogP contribution >= 0.6 is 0 Å². The molecule has 0 amide bonds. The van der Waals surface area contributed by atoms with Gasteiger partial charge in [-0.1, -0.05) is 13.8 Å². The number of ether oxygens (including phenoxy) is 2. The lowest BCUT2D eigenvalue weighted by atomic mass is 10.1. The van der Waals surface area contributed by atoms with Crippen LogP contribution in [-0.2, 0) is 4.74 Å². The fourth-order valence-electron chi connectivity index (χ4n) is 2.28. The first-order chi connectivity index (χ1) is 10.5. The van der Waals surface area contributed by atoms with Gasteiger partial charge in [-0.3, -0.25) is 4.90 Å². The second-order valence-electron chi connectivity index (χ2n) is 5.95. The SMILES string of the molecule is CC(C)C(O)CN1CCOC(COc2ccc(F)c(F)c2)C1. The molecule has 1 aliphatic rings. The van der Waals surface area contributed by atoms with E-state index in [0.29, 0.717) is 19.7 Å². The lowest BCUT2D eigenvalue weighted by molar-refractivity contribution is -0.0606. The molecule has 4 nitrogen and oxygen atoms in total. The first-order valence-electron chi connectivity index (χ1n) is 7.55. The molecule has 6 heteroatoms. The molecule has 0 radical (unpaired) electrons. The summed E-state index contributed by atoms with van der Waals surface area (Å²) in [6.07, 6.45) is -0.521. The van der Waals surface area contributed by atoms with Crippen LogP contribution in [0.15, 0.2) is 18.2 Å². The number of morpholine rings is 1. The van der Waals surface area contributed by atoms with Gasteiger partial charge >= 0.3 is 0 Å². The predicted molar refractivity (Wildman–Crippen MR) is 78.9 cm³/mol. The predicted octanol–water partition coefficient (Wildman–Crippen LogP) is 2.06. The second kappa shape index (κ2) is 7.85. The van der Waals surface area contributed by atoms with Gasteiger partial charge in [0, 0.05) is 25.7 Å². The van der Waals surface area contributed by atoms with E-state index in [4.69, 9.17) is 9.47 Å². The van der Waals surface area contributed by atoms with Crippen molar-refractivity contribution in [2.24, 2.45) is 5.92 Å². The second-order valence-corrected chi connectivity index (χ2v) is 5.95. The van der Waals surface area contributed by atoms with Gasteiger partial charge in [0.25, 0.3) is 0 Å². The number of nitrogens with zero attached hydrogens (tertiary/aromatic N) is 1. The van der Waals surface area contributed by atoms with Crippen molar-refractivity contribution in [3.8, 4) is 5.75 Å². The summed E-state index contributed by atoms with van der Waals surface area (Å²) in [5.41, 5.74) is 0. The maximum Gasteiger partial charge on any atom is 0.162 e. The van der Waals surface area contributed by atoms with Crippen molar-refractivity contribution < 1.29 is 23.4 Å². The van der Waals surface area contributed by atoms with Crippen molar-refractivity contribution >= 4 is 0 Å². The number of hydrogen-bond donors (Lipinski definition) is 1. The van der Waals surface area contributed by atoms with E-state index >= 15 is 0 Å². The van der Waals surface area contributed by atoms with Crippen LogP contribution in [0.1, 0.15) is 13.8 Å².